The number of halogens is 4. The Balaban J connectivity index is 2.27. The summed E-state index contributed by atoms with van der Waals surface area (Å²) in [7, 11) is 0. The maximum Gasteiger partial charge on any atom is 0.452 e. The molecule has 0 aliphatic rings. The molecule has 0 radical (unpaired) electrons. The van der Waals surface area contributed by atoms with Crippen molar-refractivity contribution in [2.75, 3.05) is 5.73 Å². The predicted octanol–water partition coefficient (Wildman–Crippen LogP) is 3.07. The molecule has 0 saturated heterocycles. The fourth-order valence-corrected chi connectivity index (χ4v) is 1.64. The number of para-hydroxylation sites is 1. The van der Waals surface area contributed by atoms with E-state index in [2.05, 4.69) is 9.36 Å². The van der Waals surface area contributed by atoms with Gasteiger partial charge in [0.25, 0.3) is 11.0 Å². The van der Waals surface area contributed by atoms with Crippen molar-refractivity contribution in [3.05, 3.63) is 29.8 Å². The van der Waals surface area contributed by atoms with Gasteiger partial charge >= 0.3 is 6.18 Å². The Morgan fingerprint density at radius 2 is 2.00 bits per heavy atom. The molecule has 2 rings (SSSR count). The summed E-state index contributed by atoms with van der Waals surface area (Å²) in [6, 6.07) is 3.76. The summed E-state index contributed by atoms with van der Waals surface area (Å²) in [5.41, 5.74) is 5.39. The van der Waals surface area contributed by atoms with Crippen LogP contribution in [-0.4, -0.2) is 9.36 Å². The smallest absolute Gasteiger partial charge is 0.424 e. The van der Waals surface area contributed by atoms with Gasteiger partial charge in [-0.05, 0) is 12.1 Å². The van der Waals surface area contributed by atoms with Gasteiger partial charge in [0.05, 0.1) is 5.69 Å². The normalized spacial score (nSPS) is 11.6. The summed E-state index contributed by atoms with van der Waals surface area (Å²) in [5, 5.41) is -0.431. The van der Waals surface area contributed by atoms with Crippen LogP contribution in [0.3, 0.4) is 0 Å². The lowest BCUT2D eigenvalue weighted by molar-refractivity contribution is -0.144. The molecule has 1 aromatic carbocycles. The van der Waals surface area contributed by atoms with Gasteiger partial charge in [-0.25, -0.2) is 4.39 Å². The van der Waals surface area contributed by atoms with E-state index in [1.54, 1.807) is 0 Å². The van der Waals surface area contributed by atoms with Crippen molar-refractivity contribution in [3.63, 3.8) is 0 Å². The lowest BCUT2D eigenvalue weighted by atomic mass is 10.3. The molecule has 9 heteroatoms. The van der Waals surface area contributed by atoms with Gasteiger partial charge in [-0.3, -0.25) is 0 Å². The number of rotatable bonds is 2. The molecule has 0 bridgehead atoms. The van der Waals surface area contributed by atoms with Gasteiger partial charge in [-0.2, -0.15) is 22.5 Å². The van der Waals surface area contributed by atoms with Gasteiger partial charge < -0.3 is 10.5 Å². The zero-order valence-electron chi connectivity index (χ0n) is 8.53. The van der Waals surface area contributed by atoms with Crippen LogP contribution in [0.4, 0.5) is 23.2 Å². The summed E-state index contributed by atoms with van der Waals surface area (Å²) in [4.78, 5) is 3.10. The molecular formula is C9H5F4N3OS. The Kier molecular flexibility index (Phi) is 3.07. The minimum atomic E-state index is -4.67. The van der Waals surface area contributed by atoms with E-state index in [1.807, 2.05) is 0 Å². The molecule has 0 unspecified atom stereocenters. The van der Waals surface area contributed by atoms with Crippen molar-refractivity contribution in [3.8, 4) is 10.9 Å². The van der Waals surface area contributed by atoms with Gasteiger partial charge in [0, 0.05) is 11.5 Å². The average Bonchev–Trinajstić information content (AvgIpc) is 2.72. The molecule has 4 nitrogen and oxygen atoms in total. The molecule has 18 heavy (non-hydrogen) atoms. The zero-order valence-corrected chi connectivity index (χ0v) is 9.35. The van der Waals surface area contributed by atoms with Crippen molar-refractivity contribution >= 4 is 17.2 Å². The van der Waals surface area contributed by atoms with Crippen LogP contribution in [0, 0.1) is 5.82 Å². The van der Waals surface area contributed by atoms with Gasteiger partial charge in [0.1, 0.15) is 0 Å². The number of hydrogen-bond donors (Lipinski definition) is 1. The Hall–Kier alpha value is -1.90. The first-order valence-electron chi connectivity index (χ1n) is 4.50. The van der Waals surface area contributed by atoms with Crippen molar-refractivity contribution in [1.82, 2.24) is 9.36 Å². The topological polar surface area (TPSA) is 61.0 Å². The molecule has 0 aliphatic heterocycles. The third-order valence-electron chi connectivity index (χ3n) is 1.85. The van der Waals surface area contributed by atoms with Crippen molar-refractivity contribution in [2.24, 2.45) is 0 Å². The minimum Gasteiger partial charge on any atom is -0.424 e. The van der Waals surface area contributed by atoms with Crippen molar-refractivity contribution in [2.45, 2.75) is 6.18 Å². The number of ether oxygens (including phenoxy) is 1. The monoisotopic (exact) mass is 279 g/mol. The van der Waals surface area contributed by atoms with E-state index in [4.69, 9.17) is 10.5 Å². The third kappa shape index (κ3) is 2.50. The van der Waals surface area contributed by atoms with Crippen LogP contribution in [-0.2, 0) is 6.18 Å². The van der Waals surface area contributed by atoms with E-state index >= 15 is 0 Å². The minimum absolute atomic E-state index is 0.0428. The molecule has 0 spiro atoms. The highest BCUT2D eigenvalue weighted by Crippen LogP contribution is 2.34. The van der Waals surface area contributed by atoms with E-state index < -0.39 is 23.0 Å². The lowest BCUT2D eigenvalue weighted by Crippen LogP contribution is -2.07. The fraction of sp³-hybridized carbons (Fsp3) is 0.111. The van der Waals surface area contributed by atoms with Crippen LogP contribution in [0.5, 0.6) is 10.9 Å². The Bertz CT molecular complexity index is 549. The molecular weight excluding hydrogens is 274 g/mol. The maximum absolute atomic E-state index is 13.3. The van der Waals surface area contributed by atoms with E-state index in [0.29, 0.717) is 11.5 Å². The fourth-order valence-electron chi connectivity index (χ4n) is 1.09. The summed E-state index contributed by atoms with van der Waals surface area (Å²) in [6.07, 6.45) is -4.67. The zero-order chi connectivity index (χ0) is 13.3. The molecule has 1 heterocycles. The molecule has 1 aromatic heterocycles. The highest BCUT2D eigenvalue weighted by atomic mass is 32.1. The highest BCUT2D eigenvalue weighted by molar-refractivity contribution is 7.07. The maximum atomic E-state index is 13.3. The first-order chi connectivity index (χ1) is 8.38. The second-order valence-electron chi connectivity index (χ2n) is 3.14. The average molecular weight is 279 g/mol. The van der Waals surface area contributed by atoms with Crippen molar-refractivity contribution in [1.29, 1.82) is 0 Å². The molecule has 96 valence electrons. The summed E-state index contributed by atoms with van der Waals surface area (Å²) in [6.45, 7) is 0. The molecule has 2 aromatic rings. The van der Waals surface area contributed by atoms with Gasteiger partial charge in [-0.15, -0.1) is 0 Å². The SMILES string of the molecule is Nc1cccc(F)c1Oc1nc(C(F)(F)F)ns1. The molecule has 0 fully saturated rings. The molecule has 0 amide bonds. The van der Waals surface area contributed by atoms with E-state index in [1.165, 1.54) is 12.1 Å². The summed E-state index contributed by atoms with van der Waals surface area (Å²) in [5.74, 6) is -2.50. The van der Waals surface area contributed by atoms with Gasteiger partial charge in [0.15, 0.2) is 11.6 Å². The number of nitrogens with zero attached hydrogens (tertiary/aromatic N) is 2. The Morgan fingerprint density at radius 3 is 2.56 bits per heavy atom. The van der Waals surface area contributed by atoms with Crippen LogP contribution in [0.1, 0.15) is 5.82 Å². The lowest BCUT2D eigenvalue weighted by Gasteiger charge is -2.05. The number of aromatic nitrogens is 2. The third-order valence-corrected chi connectivity index (χ3v) is 2.44. The Morgan fingerprint density at radius 1 is 1.28 bits per heavy atom. The van der Waals surface area contributed by atoms with E-state index in [9.17, 15) is 17.6 Å². The van der Waals surface area contributed by atoms with Crippen LogP contribution in [0.25, 0.3) is 0 Å². The van der Waals surface area contributed by atoms with Crippen LogP contribution < -0.4 is 10.5 Å². The van der Waals surface area contributed by atoms with Gasteiger partial charge in [-0.1, -0.05) is 6.07 Å². The first-order valence-corrected chi connectivity index (χ1v) is 5.28. The number of alkyl halides is 3. The summed E-state index contributed by atoms with van der Waals surface area (Å²) >= 11 is 0.363. The number of benzene rings is 1. The predicted molar refractivity (Wildman–Crippen MR) is 55.8 cm³/mol. The van der Waals surface area contributed by atoms with Gasteiger partial charge in [0.2, 0.25) is 0 Å². The first kappa shape index (κ1) is 12.6. The summed E-state index contributed by atoms with van der Waals surface area (Å²) < 4.78 is 57.9. The molecule has 2 N–H and O–H groups in total. The van der Waals surface area contributed by atoms with Crippen molar-refractivity contribution < 1.29 is 22.3 Å². The number of anilines is 1. The standard InChI is InChI=1S/C9H5F4N3OS/c10-4-2-1-3-5(14)6(4)17-8-15-7(16-18-8)9(11,12)13/h1-3H,14H2. The number of hydrogen-bond acceptors (Lipinski definition) is 5. The number of nitrogen functional groups attached to an aromatic ring is 1. The Labute approximate surface area is 102 Å². The second-order valence-corrected chi connectivity index (χ2v) is 3.86. The van der Waals surface area contributed by atoms with Crippen LogP contribution >= 0.6 is 11.5 Å². The molecule has 0 aliphatic carbocycles. The van der Waals surface area contributed by atoms with Crippen LogP contribution in [0.15, 0.2) is 18.2 Å². The quantitative estimate of drug-likeness (QED) is 0.678. The van der Waals surface area contributed by atoms with E-state index in [-0.39, 0.29) is 11.4 Å². The van der Waals surface area contributed by atoms with Crippen LogP contribution in [0.2, 0.25) is 0 Å². The molecule has 0 atom stereocenters. The number of nitrogens with two attached hydrogens (primary N) is 1. The molecule has 0 saturated carbocycles. The second kappa shape index (κ2) is 4.41. The van der Waals surface area contributed by atoms with E-state index in [0.717, 1.165) is 6.07 Å². The highest BCUT2D eigenvalue weighted by Gasteiger charge is 2.36. The largest absolute Gasteiger partial charge is 0.452 e.